The van der Waals surface area contributed by atoms with E-state index in [2.05, 4.69) is 0 Å². The highest BCUT2D eigenvalue weighted by Crippen LogP contribution is 2.29. The third kappa shape index (κ3) is 3.36. The van der Waals surface area contributed by atoms with E-state index in [4.69, 9.17) is 14.6 Å². The average Bonchev–Trinajstić information content (AvgIpc) is 2.95. The zero-order valence-corrected chi connectivity index (χ0v) is 11.6. The molecule has 1 heterocycles. The highest BCUT2D eigenvalue weighted by molar-refractivity contribution is 5.85. The molecule has 1 saturated heterocycles. The summed E-state index contributed by atoms with van der Waals surface area (Å²) in [5.74, 6) is -0.783. The first kappa shape index (κ1) is 15.0. The standard InChI is InChI=1S/C14H17NO6/c1-20-12-7-9(4-5-11(12)16)21-8-13(17)15-6-2-3-10(15)14(18)19/h4-5,7,10,16H,2-3,6,8H2,1H3,(H,18,19). The second kappa shape index (κ2) is 6.34. The molecule has 1 unspecified atom stereocenters. The van der Waals surface area contributed by atoms with E-state index >= 15 is 0 Å². The maximum absolute atomic E-state index is 12.0. The van der Waals surface area contributed by atoms with E-state index in [1.807, 2.05) is 0 Å². The van der Waals surface area contributed by atoms with Crippen molar-refractivity contribution in [1.29, 1.82) is 0 Å². The van der Waals surface area contributed by atoms with Crippen LogP contribution in [0.4, 0.5) is 0 Å². The lowest BCUT2D eigenvalue weighted by atomic mass is 10.2. The van der Waals surface area contributed by atoms with E-state index < -0.39 is 12.0 Å². The number of hydrogen-bond donors (Lipinski definition) is 2. The number of nitrogens with zero attached hydrogens (tertiary/aromatic N) is 1. The van der Waals surface area contributed by atoms with E-state index in [0.29, 0.717) is 25.1 Å². The first-order valence-electron chi connectivity index (χ1n) is 6.55. The molecule has 0 spiro atoms. The number of ether oxygens (including phenoxy) is 2. The SMILES string of the molecule is COc1cc(OCC(=O)N2CCCC2C(=O)O)ccc1O. The monoisotopic (exact) mass is 295 g/mol. The largest absolute Gasteiger partial charge is 0.504 e. The van der Waals surface area contributed by atoms with Crippen LogP contribution in [0.3, 0.4) is 0 Å². The van der Waals surface area contributed by atoms with E-state index in [0.717, 1.165) is 0 Å². The van der Waals surface area contributed by atoms with E-state index in [9.17, 15) is 14.7 Å². The minimum atomic E-state index is -0.993. The summed E-state index contributed by atoms with van der Waals surface area (Å²) in [7, 11) is 1.41. The molecule has 0 aromatic heterocycles. The van der Waals surface area contributed by atoms with Gasteiger partial charge in [0.2, 0.25) is 0 Å². The molecule has 1 amide bonds. The summed E-state index contributed by atoms with van der Waals surface area (Å²) in [6.45, 7) is 0.176. The molecule has 1 fully saturated rings. The third-order valence-corrected chi connectivity index (χ3v) is 3.37. The van der Waals surface area contributed by atoms with Gasteiger partial charge in [0.1, 0.15) is 11.8 Å². The second-order valence-electron chi connectivity index (χ2n) is 4.71. The number of likely N-dealkylation sites (tertiary alicyclic amines) is 1. The minimum absolute atomic E-state index is 0.0262. The Bertz CT molecular complexity index is 544. The van der Waals surface area contributed by atoms with Gasteiger partial charge in [-0.05, 0) is 25.0 Å². The number of carbonyl (C=O) groups excluding carboxylic acids is 1. The maximum Gasteiger partial charge on any atom is 0.326 e. The fourth-order valence-corrected chi connectivity index (χ4v) is 2.30. The van der Waals surface area contributed by atoms with Crippen LogP contribution in [-0.2, 0) is 9.59 Å². The Hall–Kier alpha value is -2.44. The molecule has 1 aliphatic heterocycles. The van der Waals surface area contributed by atoms with Crippen molar-refractivity contribution >= 4 is 11.9 Å². The Balaban J connectivity index is 1.96. The molecule has 0 saturated carbocycles. The molecular weight excluding hydrogens is 278 g/mol. The number of carbonyl (C=O) groups is 2. The highest BCUT2D eigenvalue weighted by Gasteiger charge is 2.33. The summed E-state index contributed by atoms with van der Waals surface area (Å²) in [4.78, 5) is 24.4. The van der Waals surface area contributed by atoms with Gasteiger partial charge in [0.05, 0.1) is 7.11 Å². The quantitative estimate of drug-likeness (QED) is 0.836. The van der Waals surface area contributed by atoms with E-state index in [1.54, 1.807) is 0 Å². The molecule has 1 aliphatic rings. The van der Waals surface area contributed by atoms with Gasteiger partial charge in [-0.15, -0.1) is 0 Å². The molecule has 0 aliphatic carbocycles. The van der Waals surface area contributed by atoms with Crippen LogP contribution in [0.1, 0.15) is 12.8 Å². The molecule has 1 aromatic rings. The fourth-order valence-electron chi connectivity index (χ4n) is 2.30. The van der Waals surface area contributed by atoms with Crippen LogP contribution in [0.25, 0.3) is 0 Å². The number of aliphatic carboxylic acids is 1. The molecule has 1 aromatic carbocycles. The number of hydrogen-bond acceptors (Lipinski definition) is 5. The van der Waals surface area contributed by atoms with Gasteiger partial charge in [0, 0.05) is 12.6 Å². The molecule has 2 rings (SSSR count). The molecular formula is C14H17NO6. The third-order valence-electron chi connectivity index (χ3n) is 3.37. The average molecular weight is 295 g/mol. The number of methoxy groups -OCH3 is 1. The van der Waals surface area contributed by atoms with Crippen molar-refractivity contribution in [2.75, 3.05) is 20.3 Å². The van der Waals surface area contributed by atoms with E-state index in [1.165, 1.54) is 30.2 Å². The van der Waals surface area contributed by atoms with Crippen LogP contribution in [-0.4, -0.2) is 53.3 Å². The van der Waals surface area contributed by atoms with Crippen molar-refractivity contribution in [3.05, 3.63) is 18.2 Å². The summed E-state index contributed by atoms with van der Waals surface area (Å²) in [6, 6.07) is 3.59. The summed E-state index contributed by atoms with van der Waals surface area (Å²) in [5, 5.41) is 18.5. The van der Waals surface area contributed by atoms with Crippen molar-refractivity contribution in [1.82, 2.24) is 4.90 Å². The van der Waals surface area contributed by atoms with Crippen molar-refractivity contribution in [3.63, 3.8) is 0 Å². The Kier molecular flexibility index (Phi) is 4.52. The smallest absolute Gasteiger partial charge is 0.326 e. The van der Waals surface area contributed by atoms with Gasteiger partial charge in [0.15, 0.2) is 18.1 Å². The van der Waals surface area contributed by atoms with Crippen LogP contribution < -0.4 is 9.47 Å². The molecule has 2 N–H and O–H groups in total. The predicted molar refractivity (Wildman–Crippen MR) is 72.5 cm³/mol. The zero-order chi connectivity index (χ0) is 15.4. The molecule has 0 radical (unpaired) electrons. The van der Waals surface area contributed by atoms with Crippen LogP contribution in [0.5, 0.6) is 17.2 Å². The number of aromatic hydroxyl groups is 1. The molecule has 7 nitrogen and oxygen atoms in total. The summed E-state index contributed by atoms with van der Waals surface area (Å²) < 4.78 is 10.3. The second-order valence-corrected chi connectivity index (χ2v) is 4.71. The van der Waals surface area contributed by atoms with Crippen LogP contribution in [0.15, 0.2) is 18.2 Å². The Morgan fingerprint density at radius 2 is 2.19 bits per heavy atom. The molecule has 21 heavy (non-hydrogen) atoms. The Morgan fingerprint density at radius 3 is 2.86 bits per heavy atom. The van der Waals surface area contributed by atoms with Gasteiger partial charge >= 0.3 is 5.97 Å². The van der Waals surface area contributed by atoms with Crippen molar-refractivity contribution in [2.45, 2.75) is 18.9 Å². The number of phenolic OH excluding ortho intramolecular Hbond substituents is 1. The molecule has 1 atom stereocenters. The topological polar surface area (TPSA) is 96.3 Å². The summed E-state index contributed by atoms with van der Waals surface area (Å²) in [5.41, 5.74) is 0. The lowest BCUT2D eigenvalue weighted by molar-refractivity contribution is -0.148. The predicted octanol–water partition coefficient (Wildman–Crippen LogP) is 0.855. The van der Waals surface area contributed by atoms with Crippen molar-refractivity contribution < 1.29 is 29.3 Å². The van der Waals surface area contributed by atoms with Crippen molar-refractivity contribution in [2.24, 2.45) is 0 Å². The first-order valence-corrected chi connectivity index (χ1v) is 6.55. The number of phenols is 1. The summed E-state index contributed by atoms with van der Waals surface area (Å²) >= 11 is 0. The van der Waals surface area contributed by atoms with Gasteiger partial charge in [0.25, 0.3) is 5.91 Å². The lowest BCUT2D eigenvalue weighted by Crippen LogP contribution is -2.42. The van der Waals surface area contributed by atoms with Crippen LogP contribution in [0.2, 0.25) is 0 Å². The normalized spacial score (nSPS) is 17.6. The van der Waals surface area contributed by atoms with Gasteiger partial charge in [-0.25, -0.2) is 4.79 Å². The maximum atomic E-state index is 12.0. The van der Waals surface area contributed by atoms with Gasteiger partial charge in [-0.2, -0.15) is 0 Å². The van der Waals surface area contributed by atoms with Gasteiger partial charge in [-0.1, -0.05) is 0 Å². The molecule has 7 heteroatoms. The fraction of sp³-hybridized carbons (Fsp3) is 0.429. The number of carboxylic acid groups (broad SMARTS) is 1. The number of carboxylic acids is 1. The van der Waals surface area contributed by atoms with Crippen molar-refractivity contribution in [3.8, 4) is 17.2 Å². The van der Waals surface area contributed by atoms with Crippen LogP contribution >= 0.6 is 0 Å². The van der Waals surface area contributed by atoms with Crippen LogP contribution in [0, 0.1) is 0 Å². The highest BCUT2D eigenvalue weighted by atomic mass is 16.5. The first-order chi connectivity index (χ1) is 10.0. The minimum Gasteiger partial charge on any atom is -0.504 e. The molecule has 0 bridgehead atoms. The Labute approximate surface area is 121 Å². The van der Waals surface area contributed by atoms with Gasteiger partial charge < -0.3 is 24.6 Å². The summed E-state index contributed by atoms with van der Waals surface area (Å²) in [6.07, 6.45) is 1.14. The number of benzene rings is 1. The molecule has 114 valence electrons. The number of amides is 1. The lowest BCUT2D eigenvalue weighted by Gasteiger charge is -2.21. The van der Waals surface area contributed by atoms with E-state index in [-0.39, 0.29) is 24.0 Å². The van der Waals surface area contributed by atoms with Gasteiger partial charge in [-0.3, -0.25) is 4.79 Å². The number of rotatable bonds is 5. The Morgan fingerprint density at radius 1 is 1.43 bits per heavy atom. The zero-order valence-electron chi connectivity index (χ0n) is 11.6.